The van der Waals surface area contributed by atoms with E-state index in [2.05, 4.69) is 5.32 Å². The van der Waals surface area contributed by atoms with Gasteiger partial charge in [-0.3, -0.25) is 9.59 Å². The van der Waals surface area contributed by atoms with Crippen molar-refractivity contribution in [3.05, 3.63) is 59.1 Å². The summed E-state index contributed by atoms with van der Waals surface area (Å²) in [4.78, 5) is 26.9. The van der Waals surface area contributed by atoms with Gasteiger partial charge in [-0.1, -0.05) is 42.3 Å². The number of rotatable bonds is 6. The van der Waals surface area contributed by atoms with Crippen LogP contribution in [-0.2, 0) is 26.2 Å². The van der Waals surface area contributed by atoms with Crippen LogP contribution < -0.4 is 10.2 Å². The third kappa shape index (κ3) is 4.82. The minimum Gasteiger partial charge on any atom is -0.352 e. The molecule has 1 unspecified atom stereocenters. The Morgan fingerprint density at radius 2 is 1.72 bits per heavy atom. The first-order chi connectivity index (χ1) is 15.4. The molecule has 2 aromatic rings. The molecule has 1 N–H and O–H groups in total. The summed E-state index contributed by atoms with van der Waals surface area (Å²) in [6.07, 6.45) is 2.97. The monoisotopic (exact) mass is 475 g/mol. The molecule has 2 aliphatic heterocycles. The molecule has 170 valence electrons. The van der Waals surface area contributed by atoms with Crippen molar-refractivity contribution >= 4 is 39.1 Å². The van der Waals surface area contributed by atoms with E-state index in [0.717, 1.165) is 24.8 Å². The number of amides is 2. The Morgan fingerprint density at radius 1 is 1.03 bits per heavy atom. The number of sulfonamides is 1. The van der Waals surface area contributed by atoms with Crippen LogP contribution in [0, 0.1) is 5.92 Å². The quantitative estimate of drug-likeness (QED) is 0.695. The second-order valence-corrected chi connectivity index (χ2v) is 10.5. The lowest BCUT2D eigenvalue weighted by molar-refractivity contribution is -0.126. The van der Waals surface area contributed by atoms with Crippen molar-refractivity contribution in [2.75, 3.05) is 24.5 Å². The molecule has 2 fully saturated rings. The van der Waals surface area contributed by atoms with Gasteiger partial charge in [0.15, 0.2) is 0 Å². The predicted molar refractivity (Wildman–Crippen MR) is 123 cm³/mol. The van der Waals surface area contributed by atoms with Crippen molar-refractivity contribution in [1.82, 2.24) is 9.62 Å². The van der Waals surface area contributed by atoms with Gasteiger partial charge in [0.2, 0.25) is 21.8 Å². The van der Waals surface area contributed by atoms with Crippen LogP contribution in [0.3, 0.4) is 0 Å². The SMILES string of the molecule is O=C(NCc1ccc(S(=O)(=O)N2CCCCC2)cc1)C1CC(=O)N(c2ccccc2Cl)C1. The number of piperidine rings is 1. The molecule has 0 aliphatic carbocycles. The van der Waals surface area contributed by atoms with E-state index in [0.29, 0.717) is 23.8 Å². The Balaban J connectivity index is 1.34. The molecule has 2 saturated heterocycles. The summed E-state index contributed by atoms with van der Waals surface area (Å²) in [6, 6.07) is 13.7. The number of hydrogen-bond donors (Lipinski definition) is 1. The fraction of sp³-hybridized carbons (Fsp3) is 0.391. The molecule has 4 rings (SSSR count). The van der Waals surface area contributed by atoms with E-state index in [1.54, 1.807) is 53.4 Å². The van der Waals surface area contributed by atoms with Gasteiger partial charge in [-0.25, -0.2) is 8.42 Å². The fourth-order valence-electron chi connectivity index (χ4n) is 4.15. The van der Waals surface area contributed by atoms with Crippen molar-refractivity contribution in [3.63, 3.8) is 0 Å². The number of para-hydroxylation sites is 1. The van der Waals surface area contributed by atoms with Gasteiger partial charge in [0.25, 0.3) is 0 Å². The number of anilines is 1. The average Bonchev–Trinajstić information content (AvgIpc) is 3.20. The molecule has 0 saturated carbocycles. The zero-order valence-electron chi connectivity index (χ0n) is 17.7. The van der Waals surface area contributed by atoms with Crippen LogP contribution in [0.1, 0.15) is 31.2 Å². The highest BCUT2D eigenvalue weighted by Gasteiger charge is 2.35. The minimum atomic E-state index is -3.47. The maximum absolute atomic E-state index is 12.8. The summed E-state index contributed by atoms with van der Waals surface area (Å²) in [7, 11) is -3.47. The highest BCUT2D eigenvalue weighted by Crippen LogP contribution is 2.31. The fourth-order valence-corrected chi connectivity index (χ4v) is 5.91. The number of nitrogens with one attached hydrogen (secondary N) is 1. The standard InChI is InChI=1S/C23H26ClN3O4S/c24-20-6-2-3-7-21(20)27-16-18(14-22(27)28)23(29)25-15-17-8-10-19(11-9-17)32(30,31)26-12-4-1-5-13-26/h2-3,6-11,18H,1,4-5,12-16H2,(H,25,29). The molecule has 2 aliphatic rings. The molecular weight excluding hydrogens is 450 g/mol. The van der Waals surface area contributed by atoms with Crippen LogP contribution in [0.5, 0.6) is 0 Å². The van der Waals surface area contributed by atoms with E-state index in [-0.39, 0.29) is 36.2 Å². The van der Waals surface area contributed by atoms with Gasteiger partial charge in [0.1, 0.15) is 0 Å². The van der Waals surface area contributed by atoms with Crippen molar-refractivity contribution in [3.8, 4) is 0 Å². The lowest BCUT2D eigenvalue weighted by Gasteiger charge is -2.25. The van der Waals surface area contributed by atoms with Crippen molar-refractivity contribution in [2.45, 2.75) is 37.1 Å². The van der Waals surface area contributed by atoms with Crippen LogP contribution in [-0.4, -0.2) is 44.2 Å². The van der Waals surface area contributed by atoms with E-state index >= 15 is 0 Å². The van der Waals surface area contributed by atoms with Crippen LogP contribution in [0.2, 0.25) is 5.02 Å². The van der Waals surface area contributed by atoms with E-state index in [9.17, 15) is 18.0 Å². The van der Waals surface area contributed by atoms with Crippen LogP contribution in [0.15, 0.2) is 53.4 Å². The molecule has 2 amide bonds. The first-order valence-corrected chi connectivity index (χ1v) is 12.6. The van der Waals surface area contributed by atoms with E-state index in [1.807, 2.05) is 0 Å². The summed E-state index contributed by atoms with van der Waals surface area (Å²) in [5.41, 5.74) is 1.41. The highest BCUT2D eigenvalue weighted by molar-refractivity contribution is 7.89. The Hall–Kier alpha value is -2.42. The Morgan fingerprint density at radius 3 is 2.41 bits per heavy atom. The Kier molecular flexibility index (Phi) is 6.83. The Labute approximate surface area is 193 Å². The van der Waals surface area contributed by atoms with Gasteiger partial charge in [-0.15, -0.1) is 0 Å². The first kappa shape index (κ1) is 22.8. The van der Waals surface area contributed by atoms with E-state index < -0.39 is 15.9 Å². The second kappa shape index (κ2) is 9.60. The number of halogens is 1. The molecule has 9 heteroatoms. The number of nitrogens with zero attached hydrogens (tertiary/aromatic N) is 2. The maximum Gasteiger partial charge on any atom is 0.243 e. The van der Waals surface area contributed by atoms with E-state index in [1.165, 1.54) is 4.31 Å². The molecule has 2 aromatic carbocycles. The number of hydrogen-bond acceptors (Lipinski definition) is 4. The van der Waals surface area contributed by atoms with Crippen molar-refractivity contribution in [1.29, 1.82) is 0 Å². The van der Waals surface area contributed by atoms with Crippen LogP contribution in [0.4, 0.5) is 5.69 Å². The molecule has 0 radical (unpaired) electrons. The van der Waals surface area contributed by atoms with Crippen LogP contribution in [0.25, 0.3) is 0 Å². The molecule has 1 atom stereocenters. The number of benzene rings is 2. The van der Waals surface area contributed by atoms with Gasteiger partial charge in [-0.2, -0.15) is 4.31 Å². The smallest absolute Gasteiger partial charge is 0.243 e. The highest BCUT2D eigenvalue weighted by atomic mass is 35.5. The van der Waals surface area contributed by atoms with Gasteiger partial charge in [0, 0.05) is 32.6 Å². The lowest BCUT2D eigenvalue weighted by Crippen LogP contribution is -2.35. The molecule has 0 bridgehead atoms. The van der Waals surface area contributed by atoms with Gasteiger partial charge < -0.3 is 10.2 Å². The zero-order valence-corrected chi connectivity index (χ0v) is 19.2. The maximum atomic E-state index is 12.8. The number of carbonyl (C=O) groups is 2. The van der Waals surface area contributed by atoms with Gasteiger partial charge in [0.05, 0.1) is 21.5 Å². The van der Waals surface area contributed by atoms with Crippen LogP contribution >= 0.6 is 11.6 Å². The van der Waals surface area contributed by atoms with Crippen molar-refractivity contribution in [2.24, 2.45) is 5.92 Å². The second-order valence-electron chi connectivity index (χ2n) is 8.18. The van der Waals surface area contributed by atoms with Crippen molar-refractivity contribution < 1.29 is 18.0 Å². The molecule has 2 heterocycles. The zero-order chi connectivity index (χ0) is 22.7. The number of carbonyl (C=O) groups excluding carboxylic acids is 2. The molecule has 0 aromatic heterocycles. The first-order valence-electron chi connectivity index (χ1n) is 10.8. The topological polar surface area (TPSA) is 86.8 Å². The summed E-state index contributed by atoms with van der Waals surface area (Å²) >= 11 is 6.19. The summed E-state index contributed by atoms with van der Waals surface area (Å²) in [5, 5.41) is 3.33. The average molecular weight is 476 g/mol. The van der Waals surface area contributed by atoms with E-state index in [4.69, 9.17) is 11.6 Å². The minimum absolute atomic E-state index is 0.129. The summed E-state index contributed by atoms with van der Waals surface area (Å²) in [6.45, 7) is 1.66. The predicted octanol–water partition coefficient (Wildman–Crippen LogP) is 3.18. The lowest BCUT2D eigenvalue weighted by atomic mass is 10.1. The molecule has 7 nitrogen and oxygen atoms in total. The van der Waals surface area contributed by atoms with Gasteiger partial charge >= 0.3 is 0 Å². The molecular formula is C23H26ClN3O4S. The molecule has 32 heavy (non-hydrogen) atoms. The third-order valence-electron chi connectivity index (χ3n) is 5.98. The third-order valence-corrected chi connectivity index (χ3v) is 8.21. The van der Waals surface area contributed by atoms with Gasteiger partial charge in [-0.05, 0) is 42.7 Å². The normalized spacial score (nSPS) is 19.8. The molecule has 0 spiro atoms. The summed E-state index contributed by atoms with van der Waals surface area (Å²) < 4.78 is 27.0. The Bertz CT molecular complexity index is 1100. The summed E-state index contributed by atoms with van der Waals surface area (Å²) in [5.74, 6) is -0.805. The largest absolute Gasteiger partial charge is 0.352 e.